The highest BCUT2D eigenvalue weighted by atomic mass is 28.4. The van der Waals surface area contributed by atoms with Gasteiger partial charge in [0.2, 0.25) is 8.32 Å². The SMILES string of the molecule is CC/C(C)=C/O[Si](C)(C)C. The Morgan fingerprint density at radius 3 is 2.20 bits per heavy atom. The molecule has 0 rings (SSSR count). The lowest BCUT2D eigenvalue weighted by molar-refractivity contribution is 0.472. The average Bonchev–Trinajstić information content (AvgIpc) is 1.81. The molecule has 0 aromatic carbocycles. The predicted molar refractivity (Wildman–Crippen MR) is 48.5 cm³/mol. The second-order valence-corrected chi connectivity index (χ2v) is 8.01. The van der Waals surface area contributed by atoms with Crippen LogP contribution in [0.5, 0.6) is 0 Å². The van der Waals surface area contributed by atoms with E-state index in [1.807, 2.05) is 6.26 Å². The molecule has 0 atom stereocenters. The van der Waals surface area contributed by atoms with Crippen LogP contribution in [-0.4, -0.2) is 8.32 Å². The summed E-state index contributed by atoms with van der Waals surface area (Å²) in [6.45, 7) is 10.8. The van der Waals surface area contributed by atoms with Crippen LogP contribution >= 0.6 is 0 Å². The molecule has 0 spiro atoms. The molecule has 0 aliphatic carbocycles. The monoisotopic (exact) mass is 158 g/mol. The Morgan fingerprint density at radius 1 is 1.40 bits per heavy atom. The number of allylic oxidation sites excluding steroid dienone is 1. The van der Waals surface area contributed by atoms with Gasteiger partial charge in [-0.2, -0.15) is 0 Å². The summed E-state index contributed by atoms with van der Waals surface area (Å²) in [5, 5.41) is 0. The fourth-order valence-corrected chi connectivity index (χ4v) is 0.915. The summed E-state index contributed by atoms with van der Waals surface area (Å²) < 4.78 is 5.56. The summed E-state index contributed by atoms with van der Waals surface area (Å²) in [5.41, 5.74) is 1.32. The van der Waals surface area contributed by atoms with Crippen molar-refractivity contribution in [1.82, 2.24) is 0 Å². The van der Waals surface area contributed by atoms with Gasteiger partial charge in [0.1, 0.15) is 0 Å². The Hall–Kier alpha value is -0.243. The Labute approximate surface area is 65.2 Å². The van der Waals surface area contributed by atoms with E-state index in [0.717, 1.165) is 6.42 Å². The van der Waals surface area contributed by atoms with Crippen molar-refractivity contribution in [3.05, 3.63) is 11.8 Å². The highest BCUT2D eigenvalue weighted by Gasteiger charge is 2.12. The van der Waals surface area contributed by atoms with E-state index in [9.17, 15) is 0 Å². The van der Waals surface area contributed by atoms with E-state index < -0.39 is 8.32 Å². The molecule has 0 bridgehead atoms. The molecule has 0 radical (unpaired) electrons. The molecule has 1 nitrogen and oxygen atoms in total. The summed E-state index contributed by atoms with van der Waals surface area (Å²) in [6.07, 6.45) is 3.00. The largest absolute Gasteiger partial charge is 0.550 e. The molecule has 2 heteroatoms. The maximum absolute atomic E-state index is 5.56. The van der Waals surface area contributed by atoms with Gasteiger partial charge in [0, 0.05) is 0 Å². The van der Waals surface area contributed by atoms with Gasteiger partial charge in [0.25, 0.3) is 0 Å². The van der Waals surface area contributed by atoms with Gasteiger partial charge in [-0.25, -0.2) is 0 Å². The molecule has 0 aliphatic rings. The van der Waals surface area contributed by atoms with Gasteiger partial charge >= 0.3 is 0 Å². The van der Waals surface area contributed by atoms with Gasteiger partial charge in [0.15, 0.2) is 0 Å². The second-order valence-electron chi connectivity index (χ2n) is 3.55. The summed E-state index contributed by atoms with van der Waals surface area (Å²) in [5.74, 6) is 0. The van der Waals surface area contributed by atoms with Crippen LogP contribution < -0.4 is 0 Å². The van der Waals surface area contributed by atoms with Gasteiger partial charge in [-0.3, -0.25) is 0 Å². The molecular weight excluding hydrogens is 140 g/mol. The van der Waals surface area contributed by atoms with Gasteiger partial charge < -0.3 is 4.43 Å². The summed E-state index contributed by atoms with van der Waals surface area (Å²) in [4.78, 5) is 0. The van der Waals surface area contributed by atoms with Crippen molar-refractivity contribution in [2.24, 2.45) is 0 Å². The maximum atomic E-state index is 5.56. The first kappa shape index (κ1) is 9.76. The zero-order chi connectivity index (χ0) is 8.20. The maximum Gasteiger partial charge on any atom is 0.241 e. The van der Waals surface area contributed by atoms with Crippen molar-refractivity contribution in [3.8, 4) is 0 Å². The van der Waals surface area contributed by atoms with Crippen LogP contribution in [0.25, 0.3) is 0 Å². The van der Waals surface area contributed by atoms with E-state index in [1.54, 1.807) is 0 Å². The van der Waals surface area contributed by atoms with E-state index in [1.165, 1.54) is 5.57 Å². The van der Waals surface area contributed by atoms with Crippen LogP contribution in [0, 0.1) is 0 Å². The first-order valence-electron chi connectivity index (χ1n) is 3.79. The molecule has 0 unspecified atom stereocenters. The lowest BCUT2D eigenvalue weighted by Crippen LogP contribution is -2.22. The van der Waals surface area contributed by atoms with E-state index in [2.05, 4.69) is 33.5 Å². The molecule has 0 heterocycles. The fourth-order valence-electron chi connectivity index (χ4n) is 0.361. The standard InChI is InChI=1S/C8H18OSi/c1-6-8(2)7-9-10(3,4)5/h7H,6H2,1-5H3/b8-7+. The van der Waals surface area contributed by atoms with Crippen molar-refractivity contribution in [2.45, 2.75) is 39.9 Å². The van der Waals surface area contributed by atoms with E-state index in [4.69, 9.17) is 4.43 Å². The van der Waals surface area contributed by atoms with Crippen LogP contribution in [-0.2, 0) is 4.43 Å². The van der Waals surface area contributed by atoms with Gasteiger partial charge in [0.05, 0.1) is 6.26 Å². The zero-order valence-electron chi connectivity index (χ0n) is 7.69. The minimum atomic E-state index is -1.31. The molecule has 0 aromatic heterocycles. The third-order valence-corrected chi connectivity index (χ3v) is 2.00. The lowest BCUT2D eigenvalue weighted by atomic mass is 10.3. The molecular formula is C8H18OSi. The van der Waals surface area contributed by atoms with Crippen molar-refractivity contribution in [1.29, 1.82) is 0 Å². The lowest BCUT2D eigenvalue weighted by Gasteiger charge is -2.15. The molecule has 0 aliphatic heterocycles. The van der Waals surface area contributed by atoms with Crippen LogP contribution in [0.1, 0.15) is 20.3 Å². The van der Waals surface area contributed by atoms with Crippen molar-refractivity contribution < 1.29 is 4.43 Å². The number of hydrogen-bond donors (Lipinski definition) is 0. The molecule has 0 aromatic rings. The predicted octanol–water partition coefficient (Wildman–Crippen LogP) is 3.15. The van der Waals surface area contributed by atoms with Gasteiger partial charge in [-0.1, -0.05) is 6.92 Å². The Balaban J connectivity index is 3.73. The van der Waals surface area contributed by atoms with Gasteiger partial charge in [-0.15, -0.1) is 0 Å². The van der Waals surface area contributed by atoms with Crippen LogP contribution in [0.15, 0.2) is 11.8 Å². The van der Waals surface area contributed by atoms with E-state index in [-0.39, 0.29) is 0 Å². The highest BCUT2D eigenvalue weighted by Crippen LogP contribution is 2.06. The average molecular weight is 158 g/mol. The molecule has 0 fully saturated rings. The van der Waals surface area contributed by atoms with Crippen molar-refractivity contribution in [3.63, 3.8) is 0 Å². The molecule has 0 amide bonds. The summed E-state index contributed by atoms with van der Waals surface area (Å²) in [6, 6.07) is 0. The third-order valence-electron chi connectivity index (χ3n) is 1.17. The Bertz CT molecular complexity index is 122. The van der Waals surface area contributed by atoms with Crippen molar-refractivity contribution in [2.75, 3.05) is 0 Å². The quantitative estimate of drug-likeness (QED) is 0.453. The van der Waals surface area contributed by atoms with Crippen LogP contribution in [0.4, 0.5) is 0 Å². The van der Waals surface area contributed by atoms with E-state index in [0.29, 0.717) is 0 Å². The molecule has 0 saturated carbocycles. The van der Waals surface area contributed by atoms with Crippen LogP contribution in [0.2, 0.25) is 19.6 Å². The normalized spacial score (nSPS) is 13.5. The van der Waals surface area contributed by atoms with Crippen molar-refractivity contribution >= 4 is 8.32 Å². The smallest absolute Gasteiger partial charge is 0.241 e. The summed E-state index contributed by atoms with van der Waals surface area (Å²) in [7, 11) is -1.31. The molecule has 0 saturated heterocycles. The zero-order valence-corrected chi connectivity index (χ0v) is 8.69. The minimum Gasteiger partial charge on any atom is -0.550 e. The molecule has 0 N–H and O–H groups in total. The second kappa shape index (κ2) is 3.81. The number of rotatable bonds is 3. The molecule has 60 valence electrons. The Morgan fingerprint density at radius 2 is 1.90 bits per heavy atom. The number of hydrogen-bond acceptors (Lipinski definition) is 1. The first-order chi connectivity index (χ1) is 4.45. The Kier molecular flexibility index (Phi) is 3.72. The molecule has 10 heavy (non-hydrogen) atoms. The fraction of sp³-hybridized carbons (Fsp3) is 0.750. The third kappa shape index (κ3) is 5.89. The first-order valence-corrected chi connectivity index (χ1v) is 7.20. The van der Waals surface area contributed by atoms with E-state index >= 15 is 0 Å². The topological polar surface area (TPSA) is 9.23 Å². The highest BCUT2D eigenvalue weighted by molar-refractivity contribution is 6.69. The summed E-state index contributed by atoms with van der Waals surface area (Å²) >= 11 is 0. The minimum absolute atomic E-state index is 1.09. The van der Waals surface area contributed by atoms with Gasteiger partial charge in [-0.05, 0) is 38.6 Å². The van der Waals surface area contributed by atoms with Crippen LogP contribution in [0.3, 0.4) is 0 Å².